The number of rotatable bonds is 4. The number of carbonyl (C=O) groups excluding carboxylic acids is 1. The molecule has 15 heavy (non-hydrogen) atoms. The Morgan fingerprint density at radius 1 is 1.53 bits per heavy atom. The topological polar surface area (TPSA) is 65.2 Å². The van der Waals surface area contributed by atoms with Gasteiger partial charge in [-0.1, -0.05) is 6.92 Å². The summed E-state index contributed by atoms with van der Waals surface area (Å²) in [6, 6.07) is 0. The molecule has 0 bridgehead atoms. The number of hydrogen-bond acceptors (Lipinski definition) is 5. The minimum atomic E-state index is -3.28. The first kappa shape index (κ1) is 11.5. The Morgan fingerprint density at radius 2 is 2.20 bits per heavy atom. The highest BCUT2D eigenvalue weighted by Crippen LogP contribution is 2.27. The van der Waals surface area contributed by atoms with Crippen molar-refractivity contribution in [3.05, 3.63) is 11.4 Å². The van der Waals surface area contributed by atoms with Gasteiger partial charge in [-0.2, -0.15) is 8.78 Å². The Kier molecular flexibility index (Phi) is 3.33. The fraction of sp³-hybridized carbons (Fsp3) is 0.625. The Labute approximate surface area is 84.4 Å². The molecule has 1 rings (SSSR count). The molecule has 0 unspecified atom stereocenters. The molecule has 5 nitrogen and oxygen atoms in total. The monoisotopic (exact) mass is 220 g/mol. The van der Waals surface area contributed by atoms with Crippen molar-refractivity contribution in [2.24, 2.45) is 0 Å². The summed E-state index contributed by atoms with van der Waals surface area (Å²) in [4.78, 5) is 11.2. The third kappa shape index (κ3) is 2.71. The van der Waals surface area contributed by atoms with Gasteiger partial charge in [0.2, 0.25) is 5.69 Å². The van der Waals surface area contributed by atoms with Gasteiger partial charge < -0.3 is 4.74 Å². The first-order chi connectivity index (χ1) is 6.96. The predicted molar refractivity (Wildman–Crippen MR) is 44.4 cm³/mol. The summed E-state index contributed by atoms with van der Waals surface area (Å²) in [6.07, 6.45) is 0.592. The van der Waals surface area contributed by atoms with E-state index in [-0.39, 0.29) is 6.61 Å². The second-order valence-corrected chi connectivity index (χ2v) is 2.99. The molecule has 0 aliphatic carbocycles. The average Bonchev–Trinajstić information content (AvgIpc) is 2.61. The average molecular weight is 220 g/mol. The van der Waals surface area contributed by atoms with Crippen molar-refractivity contribution in [1.29, 1.82) is 0 Å². The van der Waals surface area contributed by atoms with E-state index in [1.54, 1.807) is 6.92 Å². The maximum absolute atomic E-state index is 12.9. The smallest absolute Gasteiger partial charge is 0.362 e. The predicted octanol–water partition coefficient (Wildman–Crippen LogP) is 1.75. The number of halogens is 2. The van der Waals surface area contributed by atoms with Crippen LogP contribution < -0.4 is 0 Å². The normalized spacial score (nSPS) is 11.5. The van der Waals surface area contributed by atoms with Crippen LogP contribution in [0.3, 0.4) is 0 Å². The molecule has 0 aromatic carbocycles. The zero-order valence-corrected chi connectivity index (χ0v) is 8.29. The van der Waals surface area contributed by atoms with Gasteiger partial charge in [0, 0.05) is 6.92 Å². The lowest BCUT2D eigenvalue weighted by molar-refractivity contribution is 0.00714. The van der Waals surface area contributed by atoms with E-state index in [2.05, 4.69) is 19.7 Å². The summed E-state index contributed by atoms with van der Waals surface area (Å²) < 4.78 is 34.5. The van der Waals surface area contributed by atoms with Crippen LogP contribution in [0.1, 0.15) is 36.5 Å². The van der Waals surface area contributed by atoms with Gasteiger partial charge >= 0.3 is 5.97 Å². The van der Waals surface area contributed by atoms with Gasteiger partial charge in [0.15, 0.2) is 5.69 Å². The number of carbonyl (C=O) groups is 1. The van der Waals surface area contributed by atoms with E-state index in [0.717, 1.165) is 0 Å². The van der Waals surface area contributed by atoms with Crippen LogP contribution in [0.15, 0.2) is 4.63 Å². The lowest BCUT2D eigenvalue weighted by Gasteiger charge is -2.06. The molecule has 0 aliphatic rings. The van der Waals surface area contributed by atoms with E-state index in [0.29, 0.717) is 13.3 Å². The van der Waals surface area contributed by atoms with Crippen molar-refractivity contribution < 1.29 is 22.9 Å². The van der Waals surface area contributed by atoms with Crippen LogP contribution >= 0.6 is 0 Å². The molecule has 0 aliphatic heterocycles. The Morgan fingerprint density at radius 3 is 2.73 bits per heavy atom. The zero-order valence-electron chi connectivity index (χ0n) is 8.29. The summed E-state index contributed by atoms with van der Waals surface area (Å²) in [5.74, 6) is -4.23. The summed E-state index contributed by atoms with van der Waals surface area (Å²) in [6.45, 7) is 2.52. The number of aromatic nitrogens is 2. The molecule has 0 N–H and O–H groups in total. The van der Waals surface area contributed by atoms with E-state index >= 15 is 0 Å². The van der Waals surface area contributed by atoms with Gasteiger partial charge in [0.05, 0.1) is 6.61 Å². The summed E-state index contributed by atoms with van der Waals surface area (Å²) >= 11 is 0. The first-order valence-corrected chi connectivity index (χ1v) is 4.34. The molecule has 1 aromatic rings. The molecule has 0 amide bonds. The number of alkyl halides is 2. The molecular weight excluding hydrogens is 210 g/mol. The molecule has 0 saturated heterocycles. The fourth-order valence-corrected chi connectivity index (χ4v) is 0.874. The second kappa shape index (κ2) is 4.33. The Bertz CT molecular complexity index is 346. The van der Waals surface area contributed by atoms with Crippen molar-refractivity contribution in [2.45, 2.75) is 26.2 Å². The van der Waals surface area contributed by atoms with Gasteiger partial charge in [0.25, 0.3) is 5.92 Å². The zero-order chi connectivity index (χ0) is 11.5. The third-order valence-electron chi connectivity index (χ3n) is 1.53. The van der Waals surface area contributed by atoms with Crippen LogP contribution in [0.25, 0.3) is 0 Å². The highest BCUT2D eigenvalue weighted by molar-refractivity contribution is 5.88. The van der Waals surface area contributed by atoms with Crippen LogP contribution in [0.2, 0.25) is 0 Å². The quantitative estimate of drug-likeness (QED) is 0.723. The standard InChI is InChI=1S/C8H10F2N2O3/c1-3-4-14-7(13)5-6(8(2,9)10)12-15-11-5/h3-4H2,1-2H3. The minimum absolute atomic E-state index is 0.139. The molecule has 0 fully saturated rings. The second-order valence-electron chi connectivity index (χ2n) is 2.99. The van der Waals surface area contributed by atoms with Crippen LogP contribution in [-0.4, -0.2) is 22.9 Å². The molecule has 7 heteroatoms. The van der Waals surface area contributed by atoms with Crippen molar-refractivity contribution in [3.8, 4) is 0 Å². The van der Waals surface area contributed by atoms with Crippen LogP contribution in [0.4, 0.5) is 8.78 Å². The van der Waals surface area contributed by atoms with E-state index < -0.39 is 23.3 Å². The molecule has 0 atom stereocenters. The van der Waals surface area contributed by atoms with Gasteiger partial charge in [0.1, 0.15) is 0 Å². The fourth-order valence-electron chi connectivity index (χ4n) is 0.874. The van der Waals surface area contributed by atoms with Crippen LogP contribution in [0.5, 0.6) is 0 Å². The summed E-state index contributed by atoms with van der Waals surface area (Å²) in [5, 5.41) is 6.07. The lowest BCUT2D eigenvalue weighted by Crippen LogP contribution is -2.16. The molecule has 0 spiro atoms. The number of hydrogen-bond donors (Lipinski definition) is 0. The van der Waals surface area contributed by atoms with Crippen molar-refractivity contribution in [1.82, 2.24) is 10.3 Å². The summed E-state index contributed by atoms with van der Waals surface area (Å²) in [5.41, 5.74) is -1.38. The number of nitrogens with zero attached hydrogens (tertiary/aromatic N) is 2. The van der Waals surface area contributed by atoms with Crippen molar-refractivity contribution in [2.75, 3.05) is 6.61 Å². The van der Waals surface area contributed by atoms with Crippen molar-refractivity contribution >= 4 is 5.97 Å². The largest absolute Gasteiger partial charge is 0.461 e. The molecular formula is C8H10F2N2O3. The van der Waals surface area contributed by atoms with E-state index in [1.165, 1.54) is 0 Å². The van der Waals surface area contributed by atoms with E-state index in [1.807, 2.05) is 0 Å². The van der Waals surface area contributed by atoms with Crippen molar-refractivity contribution in [3.63, 3.8) is 0 Å². The molecule has 0 saturated carbocycles. The maximum Gasteiger partial charge on any atom is 0.362 e. The van der Waals surface area contributed by atoms with E-state index in [9.17, 15) is 13.6 Å². The summed E-state index contributed by atoms with van der Waals surface area (Å²) in [7, 11) is 0. The van der Waals surface area contributed by atoms with Crippen LogP contribution in [0, 0.1) is 0 Å². The first-order valence-electron chi connectivity index (χ1n) is 4.34. The van der Waals surface area contributed by atoms with Gasteiger partial charge in [-0.05, 0) is 16.7 Å². The molecule has 1 heterocycles. The van der Waals surface area contributed by atoms with Gasteiger partial charge in [-0.15, -0.1) is 0 Å². The Balaban J connectivity index is 2.86. The highest BCUT2D eigenvalue weighted by atomic mass is 19.3. The van der Waals surface area contributed by atoms with E-state index in [4.69, 9.17) is 0 Å². The van der Waals surface area contributed by atoms with Crippen LogP contribution in [-0.2, 0) is 10.7 Å². The number of ether oxygens (including phenoxy) is 1. The maximum atomic E-state index is 12.9. The van der Waals surface area contributed by atoms with Gasteiger partial charge in [-0.3, -0.25) is 0 Å². The SMILES string of the molecule is CCCOC(=O)c1nonc1C(C)(F)F. The number of esters is 1. The molecule has 0 radical (unpaired) electrons. The Hall–Kier alpha value is -1.53. The molecule has 1 aromatic heterocycles. The minimum Gasteiger partial charge on any atom is -0.461 e. The third-order valence-corrected chi connectivity index (χ3v) is 1.53. The van der Waals surface area contributed by atoms with Gasteiger partial charge in [-0.25, -0.2) is 9.42 Å². The molecule has 84 valence electrons. The lowest BCUT2D eigenvalue weighted by atomic mass is 10.2. The highest BCUT2D eigenvalue weighted by Gasteiger charge is 2.36.